The minimum atomic E-state index is -1.01. The van der Waals surface area contributed by atoms with E-state index in [1.165, 1.54) is 6.08 Å². The van der Waals surface area contributed by atoms with Crippen molar-refractivity contribution in [3.05, 3.63) is 34.3 Å². The number of primary amides is 1. The third-order valence-corrected chi connectivity index (χ3v) is 3.78. The number of carbonyl (C=O) groups excluding carboxylic acids is 1. The predicted octanol–water partition coefficient (Wildman–Crippen LogP) is 2.00. The first-order valence-corrected chi connectivity index (χ1v) is 7.05. The lowest BCUT2D eigenvalue weighted by molar-refractivity contribution is -0.131. The van der Waals surface area contributed by atoms with Gasteiger partial charge in [0.1, 0.15) is 6.04 Å². The number of anilines is 1. The highest BCUT2D eigenvalue weighted by molar-refractivity contribution is 9.10. The number of nitrogens with zero attached hydrogens (tertiary/aromatic N) is 1. The van der Waals surface area contributed by atoms with Crippen molar-refractivity contribution >= 4 is 39.6 Å². The van der Waals surface area contributed by atoms with Crippen molar-refractivity contribution in [1.82, 2.24) is 0 Å². The first-order chi connectivity index (χ1) is 9.49. The maximum atomic E-state index is 11.5. The molecule has 0 aromatic heterocycles. The van der Waals surface area contributed by atoms with Crippen LogP contribution in [0.25, 0.3) is 6.08 Å². The number of carboxylic acids is 1. The lowest BCUT2D eigenvalue weighted by Crippen LogP contribution is -2.40. The number of hydrogen-bond acceptors (Lipinski definition) is 3. The van der Waals surface area contributed by atoms with Crippen LogP contribution >= 0.6 is 15.9 Å². The summed E-state index contributed by atoms with van der Waals surface area (Å²) in [6.07, 6.45) is 4.23. The fourth-order valence-corrected chi connectivity index (χ4v) is 2.77. The molecule has 0 radical (unpaired) electrons. The number of carboxylic acid groups (broad SMARTS) is 1. The number of carbonyl (C=O) groups is 2. The van der Waals surface area contributed by atoms with Gasteiger partial charge in [0.05, 0.1) is 0 Å². The number of halogens is 1. The van der Waals surface area contributed by atoms with E-state index in [2.05, 4.69) is 15.9 Å². The van der Waals surface area contributed by atoms with Crippen LogP contribution in [-0.4, -0.2) is 29.6 Å². The van der Waals surface area contributed by atoms with Crippen LogP contribution in [0.1, 0.15) is 18.4 Å². The summed E-state index contributed by atoms with van der Waals surface area (Å²) in [4.78, 5) is 24.1. The van der Waals surface area contributed by atoms with E-state index in [0.29, 0.717) is 0 Å². The Hall–Kier alpha value is -1.82. The zero-order chi connectivity index (χ0) is 14.7. The van der Waals surface area contributed by atoms with Gasteiger partial charge in [0.25, 0.3) is 0 Å². The normalized spacial score (nSPS) is 18.6. The molecule has 106 valence electrons. The van der Waals surface area contributed by atoms with Crippen molar-refractivity contribution in [2.75, 3.05) is 11.4 Å². The summed E-state index contributed by atoms with van der Waals surface area (Å²) in [5.41, 5.74) is 7.00. The van der Waals surface area contributed by atoms with Gasteiger partial charge in [0.15, 0.2) is 0 Å². The number of nitrogens with two attached hydrogens (primary N) is 1. The van der Waals surface area contributed by atoms with Gasteiger partial charge in [0.2, 0.25) is 5.91 Å². The topological polar surface area (TPSA) is 83.6 Å². The average molecular weight is 339 g/mol. The minimum absolute atomic E-state index is 0.332. The molecule has 0 spiro atoms. The summed E-state index contributed by atoms with van der Waals surface area (Å²) in [6.45, 7) is 0.734. The monoisotopic (exact) mass is 338 g/mol. The Balaban J connectivity index is 2.41. The molecule has 1 aliphatic heterocycles. The number of hydrogen-bond donors (Lipinski definition) is 2. The molecule has 1 saturated heterocycles. The van der Waals surface area contributed by atoms with E-state index in [-0.39, 0.29) is 11.9 Å². The third-order valence-electron chi connectivity index (χ3n) is 3.29. The van der Waals surface area contributed by atoms with Gasteiger partial charge in [0, 0.05) is 22.8 Å². The molecule has 1 unspecified atom stereocenters. The Morgan fingerprint density at radius 3 is 2.85 bits per heavy atom. The van der Waals surface area contributed by atoms with Crippen LogP contribution < -0.4 is 10.6 Å². The molecule has 1 aromatic carbocycles. The fraction of sp³-hybridized carbons (Fsp3) is 0.286. The number of aliphatic carboxylic acids is 1. The van der Waals surface area contributed by atoms with E-state index in [1.54, 1.807) is 0 Å². The molecule has 1 heterocycles. The summed E-state index contributed by atoms with van der Waals surface area (Å²) in [5, 5.41) is 8.74. The van der Waals surface area contributed by atoms with Crippen LogP contribution in [0.3, 0.4) is 0 Å². The first-order valence-electron chi connectivity index (χ1n) is 6.25. The fourth-order valence-electron chi connectivity index (χ4n) is 2.42. The summed E-state index contributed by atoms with van der Waals surface area (Å²) < 4.78 is 0.870. The van der Waals surface area contributed by atoms with Crippen molar-refractivity contribution in [3.8, 4) is 0 Å². The highest BCUT2D eigenvalue weighted by atomic mass is 79.9. The van der Waals surface area contributed by atoms with Gasteiger partial charge in [-0.15, -0.1) is 0 Å². The smallest absolute Gasteiger partial charge is 0.328 e. The van der Waals surface area contributed by atoms with E-state index in [4.69, 9.17) is 10.8 Å². The van der Waals surface area contributed by atoms with Crippen molar-refractivity contribution in [2.45, 2.75) is 18.9 Å². The molecule has 1 aromatic rings. The van der Waals surface area contributed by atoms with Crippen molar-refractivity contribution in [1.29, 1.82) is 0 Å². The van der Waals surface area contributed by atoms with Gasteiger partial charge >= 0.3 is 5.97 Å². The SMILES string of the molecule is NC(=O)C1CCCN1c1cc(Br)ccc1/C=C/C(=O)O. The summed E-state index contributed by atoms with van der Waals surface area (Å²) >= 11 is 3.40. The highest BCUT2D eigenvalue weighted by Crippen LogP contribution is 2.32. The van der Waals surface area contributed by atoms with E-state index < -0.39 is 5.97 Å². The molecule has 5 nitrogen and oxygen atoms in total. The Morgan fingerprint density at radius 1 is 1.45 bits per heavy atom. The van der Waals surface area contributed by atoms with Gasteiger partial charge in [-0.3, -0.25) is 4.79 Å². The molecule has 1 fully saturated rings. The maximum Gasteiger partial charge on any atom is 0.328 e. The zero-order valence-corrected chi connectivity index (χ0v) is 12.3. The standard InChI is InChI=1S/C14H15BrN2O3/c15-10-5-3-9(4-6-13(18)19)12(8-10)17-7-1-2-11(17)14(16)20/h3-6,8,11H,1-2,7H2,(H2,16,20)(H,18,19)/b6-4+. The quantitative estimate of drug-likeness (QED) is 0.822. The van der Waals surface area contributed by atoms with E-state index in [1.807, 2.05) is 23.1 Å². The predicted molar refractivity (Wildman–Crippen MR) is 80.4 cm³/mol. The third kappa shape index (κ3) is 3.19. The lowest BCUT2D eigenvalue weighted by Gasteiger charge is -2.26. The molecule has 0 aliphatic carbocycles. The van der Waals surface area contributed by atoms with Crippen LogP contribution in [0.4, 0.5) is 5.69 Å². The second kappa shape index (κ2) is 6.09. The molecular weight excluding hydrogens is 324 g/mol. The van der Waals surface area contributed by atoms with E-state index in [0.717, 1.165) is 41.2 Å². The molecule has 0 saturated carbocycles. The van der Waals surface area contributed by atoms with Crippen LogP contribution in [0.5, 0.6) is 0 Å². The van der Waals surface area contributed by atoms with Crippen molar-refractivity contribution in [3.63, 3.8) is 0 Å². The molecule has 2 rings (SSSR count). The molecule has 1 aliphatic rings. The summed E-state index contributed by atoms with van der Waals surface area (Å²) in [7, 11) is 0. The van der Waals surface area contributed by atoms with Gasteiger partial charge in [-0.2, -0.15) is 0 Å². The molecular formula is C14H15BrN2O3. The first kappa shape index (κ1) is 14.6. The zero-order valence-electron chi connectivity index (χ0n) is 10.8. The number of benzene rings is 1. The van der Waals surface area contributed by atoms with Crippen LogP contribution in [-0.2, 0) is 9.59 Å². The van der Waals surface area contributed by atoms with Crippen LogP contribution in [0.15, 0.2) is 28.7 Å². The Morgan fingerprint density at radius 2 is 2.20 bits per heavy atom. The largest absolute Gasteiger partial charge is 0.478 e. The Kier molecular flexibility index (Phi) is 4.44. The summed E-state index contributed by atoms with van der Waals surface area (Å²) in [6, 6.07) is 5.19. The second-order valence-corrected chi connectivity index (χ2v) is 5.54. The average Bonchev–Trinajstić information content (AvgIpc) is 2.86. The molecule has 6 heteroatoms. The molecule has 1 amide bonds. The highest BCUT2D eigenvalue weighted by Gasteiger charge is 2.30. The lowest BCUT2D eigenvalue weighted by atomic mass is 10.1. The Bertz CT molecular complexity index is 572. The van der Waals surface area contributed by atoms with E-state index in [9.17, 15) is 9.59 Å². The summed E-state index contributed by atoms with van der Waals surface area (Å²) in [5.74, 6) is -1.36. The molecule has 0 bridgehead atoms. The molecule has 20 heavy (non-hydrogen) atoms. The number of amides is 1. The van der Waals surface area contributed by atoms with E-state index >= 15 is 0 Å². The van der Waals surface area contributed by atoms with Gasteiger partial charge in [-0.25, -0.2) is 4.79 Å². The van der Waals surface area contributed by atoms with Gasteiger partial charge in [-0.1, -0.05) is 22.0 Å². The van der Waals surface area contributed by atoms with Crippen LogP contribution in [0, 0.1) is 0 Å². The van der Waals surface area contributed by atoms with Gasteiger partial charge in [-0.05, 0) is 36.6 Å². The minimum Gasteiger partial charge on any atom is -0.478 e. The van der Waals surface area contributed by atoms with Gasteiger partial charge < -0.3 is 15.7 Å². The maximum absolute atomic E-state index is 11.5. The molecule has 1 atom stereocenters. The second-order valence-electron chi connectivity index (χ2n) is 4.63. The van der Waals surface area contributed by atoms with Crippen molar-refractivity contribution < 1.29 is 14.7 Å². The number of rotatable bonds is 4. The van der Waals surface area contributed by atoms with Crippen LogP contribution in [0.2, 0.25) is 0 Å². The Labute approximate surface area is 125 Å². The van der Waals surface area contributed by atoms with Crippen molar-refractivity contribution in [2.24, 2.45) is 5.73 Å². The molecule has 3 N–H and O–H groups in total.